The van der Waals surface area contributed by atoms with E-state index in [9.17, 15) is 14.7 Å². The molecule has 6 heteroatoms. The Labute approximate surface area is 134 Å². The number of phenols is 1. The molecule has 0 spiro atoms. The van der Waals surface area contributed by atoms with Gasteiger partial charge in [0.15, 0.2) is 0 Å². The summed E-state index contributed by atoms with van der Waals surface area (Å²) in [6, 6.07) is 5.81. The Morgan fingerprint density at radius 1 is 1.09 bits per heavy atom. The maximum Gasteiger partial charge on any atom is 0.339 e. The largest absolute Gasteiger partial charge is 0.507 e. The number of aliphatic hydroxyl groups is 1. The molecule has 6 nitrogen and oxygen atoms in total. The predicted molar refractivity (Wildman–Crippen MR) is 84.3 cm³/mol. The fourth-order valence-corrected chi connectivity index (χ4v) is 2.27. The van der Waals surface area contributed by atoms with Crippen molar-refractivity contribution in [3.63, 3.8) is 0 Å². The molecular formula is C17H20O6. The van der Waals surface area contributed by atoms with E-state index in [1.54, 1.807) is 12.1 Å². The van der Waals surface area contributed by atoms with Crippen LogP contribution in [0.25, 0.3) is 0 Å². The van der Waals surface area contributed by atoms with E-state index in [-0.39, 0.29) is 16.9 Å². The summed E-state index contributed by atoms with van der Waals surface area (Å²) in [6.07, 6.45) is 2.47. The molecule has 0 fully saturated rings. The monoisotopic (exact) mass is 320 g/mol. The van der Waals surface area contributed by atoms with Crippen molar-refractivity contribution in [2.45, 2.75) is 26.9 Å². The van der Waals surface area contributed by atoms with Crippen LogP contribution in [0, 0.1) is 5.41 Å². The summed E-state index contributed by atoms with van der Waals surface area (Å²) in [6.45, 7) is 5.46. The number of carboxylic acid groups (broad SMARTS) is 2. The molecule has 0 saturated heterocycles. The minimum absolute atomic E-state index is 0.0671. The third kappa shape index (κ3) is 4.69. The smallest absolute Gasteiger partial charge is 0.339 e. The van der Waals surface area contributed by atoms with Gasteiger partial charge in [-0.1, -0.05) is 37.6 Å². The highest BCUT2D eigenvalue weighted by Gasteiger charge is 2.34. The van der Waals surface area contributed by atoms with Crippen LogP contribution >= 0.6 is 0 Å². The molecule has 4 N–H and O–H groups in total. The van der Waals surface area contributed by atoms with Crippen LogP contribution in [0.5, 0.6) is 5.75 Å². The zero-order valence-electron chi connectivity index (χ0n) is 13.1. The summed E-state index contributed by atoms with van der Waals surface area (Å²) < 4.78 is 0. The first kappa shape index (κ1) is 18.4. The Morgan fingerprint density at radius 2 is 1.65 bits per heavy atom. The second-order valence-electron chi connectivity index (χ2n) is 5.84. The molecule has 0 aliphatic heterocycles. The fraction of sp³-hybridized carbons (Fsp3) is 0.294. The van der Waals surface area contributed by atoms with Gasteiger partial charge in [0, 0.05) is 5.41 Å². The Hall–Kier alpha value is -2.60. The lowest BCUT2D eigenvalue weighted by atomic mass is 9.77. The molecule has 1 aromatic carbocycles. The van der Waals surface area contributed by atoms with Gasteiger partial charge in [-0.15, -0.1) is 0 Å². The molecule has 1 aliphatic carbocycles. The summed E-state index contributed by atoms with van der Waals surface area (Å²) >= 11 is 0. The highest BCUT2D eigenvalue weighted by molar-refractivity contribution is 5.90. The van der Waals surface area contributed by atoms with Crippen LogP contribution in [-0.2, 0) is 4.79 Å². The predicted octanol–water partition coefficient (Wildman–Crippen LogP) is 2.43. The van der Waals surface area contributed by atoms with E-state index in [0.29, 0.717) is 0 Å². The number of allylic oxidation sites excluding steroid dienone is 2. The van der Waals surface area contributed by atoms with Gasteiger partial charge in [0.1, 0.15) is 11.3 Å². The highest BCUT2D eigenvalue weighted by Crippen LogP contribution is 2.33. The molecule has 0 heterocycles. The molecule has 0 bridgehead atoms. The van der Waals surface area contributed by atoms with E-state index in [1.807, 2.05) is 26.8 Å². The first-order chi connectivity index (χ1) is 10.6. The molecule has 0 saturated carbocycles. The third-order valence-corrected chi connectivity index (χ3v) is 3.36. The van der Waals surface area contributed by atoms with Crippen LogP contribution in [0.4, 0.5) is 0 Å². The van der Waals surface area contributed by atoms with Gasteiger partial charge < -0.3 is 20.4 Å². The number of hydrogen-bond donors (Lipinski definition) is 4. The SMILES string of the molecule is CC1=CC(C)(C)C(O)C(C(=O)O)=C1.O=C(O)c1ccccc1O. The van der Waals surface area contributed by atoms with Gasteiger partial charge in [0.05, 0.1) is 11.7 Å². The van der Waals surface area contributed by atoms with E-state index >= 15 is 0 Å². The van der Waals surface area contributed by atoms with Crippen LogP contribution in [0.15, 0.2) is 47.6 Å². The summed E-state index contributed by atoms with van der Waals surface area (Å²) in [7, 11) is 0. The molecule has 2 rings (SSSR count). The maximum atomic E-state index is 10.7. The molecule has 1 unspecified atom stereocenters. The molecule has 23 heavy (non-hydrogen) atoms. The first-order valence-electron chi connectivity index (χ1n) is 6.90. The molecule has 0 amide bonds. The lowest BCUT2D eigenvalue weighted by Crippen LogP contribution is -2.34. The van der Waals surface area contributed by atoms with Gasteiger partial charge in [-0.2, -0.15) is 0 Å². The molecule has 1 aliphatic rings. The fourth-order valence-electron chi connectivity index (χ4n) is 2.27. The quantitative estimate of drug-likeness (QED) is 0.665. The number of aromatic carboxylic acids is 1. The standard InChI is InChI=1S/C10H14O3.C7H6O3/c1-6-4-7(9(12)13)8(11)10(2,3)5-6;8-6-4-2-1-3-5(6)7(9)10/h4-5,8,11H,1-3H3,(H,12,13);1-4,8H,(H,9,10). The van der Waals surface area contributed by atoms with E-state index in [2.05, 4.69) is 0 Å². The zero-order chi connectivity index (χ0) is 17.8. The van der Waals surface area contributed by atoms with E-state index < -0.39 is 23.5 Å². The number of benzene rings is 1. The Balaban J connectivity index is 0.000000238. The number of para-hydroxylation sites is 1. The van der Waals surface area contributed by atoms with Crippen molar-refractivity contribution in [3.05, 3.63) is 53.1 Å². The zero-order valence-corrected chi connectivity index (χ0v) is 13.1. The summed E-state index contributed by atoms with van der Waals surface area (Å²) in [5.41, 5.74) is 0.396. The van der Waals surface area contributed by atoms with Crippen molar-refractivity contribution in [2.24, 2.45) is 5.41 Å². The Bertz CT molecular complexity index is 669. The molecule has 1 atom stereocenters. The van der Waals surface area contributed by atoms with Crippen molar-refractivity contribution >= 4 is 11.9 Å². The van der Waals surface area contributed by atoms with Gasteiger partial charge in [-0.3, -0.25) is 0 Å². The molecule has 0 aromatic heterocycles. The van der Waals surface area contributed by atoms with Crippen LogP contribution in [0.1, 0.15) is 31.1 Å². The van der Waals surface area contributed by atoms with Crippen molar-refractivity contribution in [1.82, 2.24) is 0 Å². The number of aliphatic carboxylic acids is 1. The summed E-state index contributed by atoms with van der Waals surface area (Å²) in [5, 5.41) is 35.8. The average molecular weight is 320 g/mol. The Morgan fingerprint density at radius 3 is 2.09 bits per heavy atom. The number of carboxylic acids is 2. The van der Waals surface area contributed by atoms with E-state index in [0.717, 1.165) is 5.57 Å². The van der Waals surface area contributed by atoms with Crippen LogP contribution in [0.3, 0.4) is 0 Å². The molecular weight excluding hydrogens is 300 g/mol. The van der Waals surface area contributed by atoms with Gasteiger partial charge in [0.25, 0.3) is 0 Å². The van der Waals surface area contributed by atoms with Gasteiger partial charge in [-0.05, 0) is 25.1 Å². The minimum Gasteiger partial charge on any atom is -0.507 e. The number of aromatic hydroxyl groups is 1. The summed E-state index contributed by atoms with van der Waals surface area (Å²) in [4.78, 5) is 21.0. The number of rotatable bonds is 2. The lowest BCUT2D eigenvalue weighted by molar-refractivity contribution is -0.134. The maximum absolute atomic E-state index is 10.7. The van der Waals surface area contributed by atoms with E-state index in [1.165, 1.54) is 18.2 Å². The minimum atomic E-state index is -1.11. The van der Waals surface area contributed by atoms with Crippen LogP contribution in [-0.4, -0.2) is 38.5 Å². The number of carbonyl (C=O) groups is 2. The third-order valence-electron chi connectivity index (χ3n) is 3.36. The van der Waals surface area contributed by atoms with Crippen LogP contribution in [0.2, 0.25) is 0 Å². The van der Waals surface area contributed by atoms with Crippen LogP contribution < -0.4 is 0 Å². The van der Waals surface area contributed by atoms with Gasteiger partial charge in [0.2, 0.25) is 0 Å². The molecule has 124 valence electrons. The van der Waals surface area contributed by atoms with Gasteiger partial charge in [-0.25, -0.2) is 9.59 Å². The number of hydrogen-bond acceptors (Lipinski definition) is 4. The molecule has 0 radical (unpaired) electrons. The van der Waals surface area contributed by atoms with Crippen molar-refractivity contribution in [3.8, 4) is 5.75 Å². The first-order valence-corrected chi connectivity index (χ1v) is 6.90. The van der Waals surface area contributed by atoms with E-state index in [4.69, 9.17) is 15.3 Å². The van der Waals surface area contributed by atoms with Crippen molar-refractivity contribution in [2.75, 3.05) is 0 Å². The Kier molecular flexibility index (Phi) is 5.70. The van der Waals surface area contributed by atoms with Gasteiger partial charge >= 0.3 is 11.9 Å². The topological polar surface area (TPSA) is 115 Å². The number of aliphatic hydroxyl groups excluding tert-OH is 1. The second-order valence-corrected chi connectivity index (χ2v) is 5.84. The van der Waals surface area contributed by atoms with Crippen molar-refractivity contribution < 1.29 is 30.0 Å². The normalized spacial score (nSPS) is 18.9. The van der Waals surface area contributed by atoms with Crippen molar-refractivity contribution in [1.29, 1.82) is 0 Å². The second kappa shape index (κ2) is 7.11. The summed E-state index contributed by atoms with van der Waals surface area (Å²) in [5.74, 6) is -2.36. The average Bonchev–Trinajstić information content (AvgIpc) is 2.43. The lowest BCUT2D eigenvalue weighted by Gasteiger charge is -2.31. The molecule has 1 aromatic rings. The highest BCUT2D eigenvalue weighted by atomic mass is 16.4.